The van der Waals surface area contributed by atoms with E-state index in [-0.39, 0.29) is 5.69 Å². The molecule has 90 valence electrons. The maximum atomic E-state index is 11.5. The van der Waals surface area contributed by atoms with E-state index in [9.17, 15) is 4.79 Å². The number of hydrogen-bond acceptors (Lipinski definition) is 5. The first-order chi connectivity index (χ1) is 7.63. The van der Waals surface area contributed by atoms with Crippen LogP contribution < -0.4 is 4.90 Å². The highest BCUT2D eigenvalue weighted by Crippen LogP contribution is 2.18. The summed E-state index contributed by atoms with van der Waals surface area (Å²) in [5, 5.41) is 0. The third kappa shape index (κ3) is 2.53. The van der Waals surface area contributed by atoms with E-state index in [0.29, 0.717) is 18.4 Å². The molecule has 0 aliphatic rings. The summed E-state index contributed by atoms with van der Waals surface area (Å²) in [5.41, 5.74) is 0.267. The van der Waals surface area contributed by atoms with Crippen molar-refractivity contribution >= 4 is 12.0 Å². The van der Waals surface area contributed by atoms with E-state index in [0.717, 1.165) is 13.1 Å². The fraction of sp³-hybridized carbons (Fsp3) is 0.636. The summed E-state index contributed by atoms with van der Waals surface area (Å²) in [4.78, 5) is 17.6. The van der Waals surface area contributed by atoms with Crippen molar-refractivity contribution in [3.05, 3.63) is 11.5 Å². The van der Waals surface area contributed by atoms with Crippen molar-refractivity contribution in [2.45, 2.75) is 27.7 Å². The zero-order chi connectivity index (χ0) is 12.1. The molecule has 0 aromatic carbocycles. The standard InChI is InChI=1S/C11H18N2O3/c1-5-13(6-2)11-12-9(8(4)16-11)10(14)15-7-3/h5-7H2,1-4H3. The van der Waals surface area contributed by atoms with Gasteiger partial charge in [-0.1, -0.05) is 0 Å². The number of esters is 1. The number of aromatic nitrogens is 1. The minimum absolute atomic E-state index is 0.267. The number of aryl methyl sites for hydroxylation is 1. The molecule has 0 saturated heterocycles. The molecule has 0 fully saturated rings. The maximum absolute atomic E-state index is 11.5. The van der Waals surface area contributed by atoms with Crippen LogP contribution in [0.1, 0.15) is 37.0 Å². The molecule has 1 aromatic rings. The van der Waals surface area contributed by atoms with Crippen LogP contribution in [0, 0.1) is 6.92 Å². The van der Waals surface area contributed by atoms with E-state index in [1.54, 1.807) is 13.8 Å². The Balaban J connectivity index is 2.92. The average Bonchev–Trinajstić information content (AvgIpc) is 2.63. The molecule has 16 heavy (non-hydrogen) atoms. The van der Waals surface area contributed by atoms with Crippen molar-refractivity contribution in [2.24, 2.45) is 0 Å². The van der Waals surface area contributed by atoms with E-state index in [1.807, 2.05) is 18.7 Å². The Morgan fingerprint density at radius 1 is 1.38 bits per heavy atom. The van der Waals surface area contributed by atoms with Crippen molar-refractivity contribution in [3.63, 3.8) is 0 Å². The Morgan fingerprint density at radius 2 is 2.00 bits per heavy atom. The number of ether oxygens (including phenoxy) is 1. The summed E-state index contributed by atoms with van der Waals surface area (Å²) in [7, 11) is 0. The topological polar surface area (TPSA) is 55.6 Å². The number of hydrogen-bond donors (Lipinski definition) is 0. The van der Waals surface area contributed by atoms with E-state index >= 15 is 0 Å². The van der Waals surface area contributed by atoms with Crippen LogP contribution in [0.4, 0.5) is 6.01 Å². The third-order valence-electron chi connectivity index (χ3n) is 2.29. The Bertz CT molecular complexity index is 356. The highest BCUT2D eigenvalue weighted by Gasteiger charge is 2.20. The number of nitrogens with zero attached hydrogens (tertiary/aromatic N) is 2. The summed E-state index contributed by atoms with van der Waals surface area (Å²) < 4.78 is 10.3. The Morgan fingerprint density at radius 3 is 2.50 bits per heavy atom. The van der Waals surface area contributed by atoms with Crippen LogP contribution in [0.25, 0.3) is 0 Å². The number of anilines is 1. The van der Waals surface area contributed by atoms with E-state index in [2.05, 4.69) is 4.98 Å². The van der Waals surface area contributed by atoms with Crippen LogP contribution >= 0.6 is 0 Å². The van der Waals surface area contributed by atoms with Crippen molar-refractivity contribution in [1.82, 2.24) is 4.98 Å². The van der Waals surface area contributed by atoms with Crippen LogP contribution in [-0.4, -0.2) is 30.6 Å². The van der Waals surface area contributed by atoms with Gasteiger partial charge in [0.15, 0.2) is 5.69 Å². The predicted molar refractivity (Wildman–Crippen MR) is 60.8 cm³/mol. The average molecular weight is 226 g/mol. The molecule has 0 aliphatic carbocycles. The van der Waals surface area contributed by atoms with Crippen molar-refractivity contribution in [1.29, 1.82) is 0 Å². The number of rotatable bonds is 5. The molecule has 0 saturated carbocycles. The van der Waals surface area contributed by atoms with Crippen molar-refractivity contribution in [2.75, 3.05) is 24.6 Å². The molecule has 0 amide bonds. The summed E-state index contributed by atoms with van der Waals surface area (Å²) in [6.45, 7) is 9.41. The first kappa shape index (κ1) is 12.5. The molecule has 1 rings (SSSR count). The molecule has 0 spiro atoms. The molecule has 0 N–H and O–H groups in total. The van der Waals surface area contributed by atoms with Gasteiger partial charge in [-0.3, -0.25) is 0 Å². The van der Waals surface area contributed by atoms with E-state index < -0.39 is 5.97 Å². The van der Waals surface area contributed by atoms with Gasteiger partial charge in [0, 0.05) is 13.1 Å². The van der Waals surface area contributed by atoms with Gasteiger partial charge < -0.3 is 14.1 Å². The third-order valence-corrected chi connectivity index (χ3v) is 2.29. The van der Waals surface area contributed by atoms with Crippen LogP contribution in [0.5, 0.6) is 0 Å². The first-order valence-corrected chi connectivity index (χ1v) is 5.53. The zero-order valence-corrected chi connectivity index (χ0v) is 10.2. The minimum Gasteiger partial charge on any atom is -0.461 e. The summed E-state index contributed by atoms with van der Waals surface area (Å²) >= 11 is 0. The zero-order valence-electron chi connectivity index (χ0n) is 10.2. The molecule has 5 nitrogen and oxygen atoms in total. The second-order valence-corrected chi connectivity index (χ2v) is 3.29. The quantitative estimate of drug-likeness (QED) is 0.719. The largest absolute Gasteiger partial charge is 0.461 e. The Labute approximate surface area is 95.4 Å². The van der Waals surface area contributed by atoms with Crippen LogP contribution in [0.2, 0.25) is 0 Å². The van der Waals surface area contributed by atoms with Gasteiger partial charge >= 0.3 is 5.97 Å². The molecule has 0 atom stereocenters. The lowest BCUT2D eigenvalue weighted by molar-refractivity contribution is 0.0518. The predicted octanol–water partition coefficient (Wildman–Crippen LogP) is 2.01. The molecular weight excluding hydrogens is 208 g/mol. The highest BCUT2D eigenvalue weighted by atomic mass is 16.5. The van der Waals surface area contributed by atoms with Gasteiger partial charge in [-0.25, -0.2) is 4.79 Å². The second-order valence-electron chi connectivity index (χ2n) is 3.29. The van der Waals surface area contributed by atoms with Gasteiger partial charge in [0.25, 0.3) is 6.01 Å². The fourth-order valence-electron chi connectivity index (χ4n) is 1.40. The fourth-order valence-corrected chi connectivity index (χ4v) is 1.40. The van der Waals surface area contributed by atoms with Crippen LogP contribution in [0.15, 0.2) is 4.42 Å². The second kappa shape index (κ2) is 5.53. The monoisotopic (exact) mass is 226 g/mol. The summed E-state index contributed by atoms with van der Waals surface area (Å²) in [5.74, 6) is 0.0718. The molecule has 0 unspecified atom stereocenters. The molecule has 1 aromatic heterocycles. The maximum Gasteiger partial charge on any atom is 0.360 e. The number of oxazole rings is 1. The van der Waals surface area contributed by atoms with E-state index in [4.69, 9.17) is 9.15 Å². The SMILES string of the molecule is CCOC(=O)c1nc(N(CC)CC)oc1C. The number of carbonyl (C=O) groups excluding carboxylic acids is 1. The van der Waals surface area contributed by atoms with E-state index in [1.165, 1.54) is 0 Å². The van der Waals surface area contributed by atoms with Crippen LogP contribution in [0.3, 0.4) is 0 Å². The molecular formula is C11H18N2O3. The Kier molecular flexibility index (Phi) is 4.34. The lowest BCUT2D eigenvalue weighted by atomic mass is 10.4. The lowest BCUT2D eigenvalue weighted by Crippen LogP contribution is -2.22. The summed E-state index contributed by atoms with van der Waals surface area (Å²) in [6.07, 6.45) is 0. The van der Waals surface area contributed by atoms with Gasteiger partial charge in [-0.05, 0) is 27.7 Å². The van der Waals surface area contributed by atoms with Gasteiger partial charge in [0.05, 0.1) is 6.61 Å². The smallest absolute Gasteiger partial charge is 0.360 e. The molecule has 0 bridgehead atoms. The van der Waals surface area contributed by atoms with Crippen molar-refractivity contribution < 1.29 is 13.9 Å². The van der Waals surface area contributed by atoms with Gasteiger partial charge in [-0.15, -0.1) is 0 Å². The highest BCUT2D eigenvalue weighted by molar-refractivity contribution is 5.88. The Hall–Kier alpha value is -1.52. The van der Waals surface area contributed by atoms with Gasteiger partial charge in [-0.2, -0.15) is 4.98 Å². The molecule has 0 radical (unpaired) electrons. The molecule has 5 heteroatoms. The summed E-state index contributed by atoms with van der Waals surface area (Å²) in [6, 6.07) is 0.477. The molecule has 0 aliphatic heterocycles. The van der Waals surface area contributed by atoms with Gasteiger partial charge in [0.2, 0.25) is 0 Å². The molecule has 1 heterocycles. The number of carbonyl (C=O) groups is 1. The minimum atomic E-state index is -0.429. The van der Waals surface area contributed by atoms with Gasteiger partial charge in [0.1, 0.15) is 5.76 Å². The van der Waals surface area contributed by atoms with Crippen molar-refractivity contribution in [3.8, 4) is 0 Å². The first-order valence-electron chi connectivity index (χ1n) is 5.53. The normalized spacial score (nSPS) is 10.2. The van der Waals surface area contributed by atoms with Crippen LogP contribution in [-0.2, 0) is 4.74 Å². The lowest BCUT2D eigenvalue weighted by Gasteiger charge is -2.14.